The van der Waals surface area contributed by atoms with Gasteiger partial charge in [-0.05, 0) is 20.8 Å². The Kier molecular flexibility index (Phi) is 12.5. The van der Waals surface area contributed by atoms with Crippen LogP contribution in [0.3, 0.4) is 0 Å². The number of hydrogen-bond donors (Lipinski definition) is 2. The lowest BCUT2D eigenvalue weighted by atomic mass is 10.7. The molecule has 2 N–H and O–H groups in total. The van der Waals surface area contributed by atoms with Crippen LogP contribution in [0.4, 0.5) is 4.79 Å². The van der Waals surface area contributed by atoms with E-state index in [4.69, 9.17) is 5.11 Å². The smallest absolute Gasteiger partial charge is 0.404 e. The summed E-state index contributed by atoms with van der Waals surface area (Å²) in [4.78, 5) is 9.49. The molecule has 10 heavy (non-hydrogen) atoms. The molecule has 0 rings (SSSR count). The fraction of sp³-hybridized carbons (Fsp3) is 0.571. The van der Waals surface area contributed by atoms with E-state index in [2.05, 4.69) is 17.2 Å². The molecule has 3 heteroatoms. The Morgan fingerprint density at radius 1 is 1.50 bits per heavy atom. The zero-order valence-corrected chi connectivity index (χ0v) is 6.56. The number of rotatable bonds is 1. The van der Waals surface area contributed by atoms with E-state index >= 15 is 0 Å². The molecule has 0 aromatic heterocycles. The normalized spacial score (nSPS) is 5.90. The van der Waals surface area contributed by atoms with Crippen LogP contribution in [0.1, 0.15) is 20.8 Å². The van der Waals surface area contributed by atoms with Crippen LogP contribution in [0.15, 0.2) is 0 Å². The summed E-state index contributed by atoms with van der Waals surface area (Å²) in [6.07, 6.45) is -0.961. The molecule has 3 nitrogen and oxygen atoms in total. The minimum absolute atomic E-state index is 0.481. The summed E-state index contributed by atoms with van der Waals surface area (Å²) >= 11 is 0. The first-order valence-corrected chi connectivity index (χ1v) is 2.99. The summed E-state index contributed by atoms with van der Waals surface area (Å²) in [5, 5.41) is 9.93. The van der Waals surface area contributed by atoms with Gasteiger partial charge in [-0.2, -0.15) is 0 Å². The minimum Gasteiger partial charge on any atom is -0.465 e. The number of hydrogen-bond acceptors (Lipinski definition) is 1. The minimum atomic E-state index is -0.961. The molecule has 0 aromatic rings. The third-order valence-electron chi connectivity index (χ3n) is 0.578. The van der Waals surface area contributed by atoms with Crippen molar-refractivity contribution in [2.45, 2.75) is 20.8 Å². The molecule has 1 amide bonds. The van der Waals surface area contributed by atoms with Gasteiger partial charge in [-0.3, -0.25) is 0 Å². The summed E-state index contributed by atoms with van der Waals surface area (Å²) in [5.41, 5.74) is 0. The summed E-state index contributed by atoms with van der Waals surface area (Å²) in [6.45, 7) is 5.85. The van der Waals surface area contributed by atoms with E-state index in [0.717, 1.165) is 0 Å². The van der Waals surface area contributed by atoms with Crippen molar-refractivity contribution < 1.29 is 9.90 Å². The van der Waals surface area contributed by atoms with Gasteiger partial charge >= 0.3 is 6.09 Å². The molecule has 0 fully saturated rings. The van der Waals surface area contributed by atoms with Gasteiger partial charge in [-0.25, -0.2) is 4.79 Å². The van der Waals surface area contributed by atoms with Gasteiger partial charge < -0.3 is 10.4 Å². The molecular weight excluding hydrogens is 130 g/mol. The van der Waals surface area contributed by atoms with Crippen LogP contribution >= 0.6 is 0 Å². The van der Waals surface area contributed by atoms with Crippen molar-refractivity contribution in [2.75, 3.05) is 6.54 Å². The molecule has 0 aliphatic carbocycles. The van der Waals surface area contributed by atoms with Crippen molar-refractivity contribution in [3.8, 4) is 11.8 Å². The summed E-state index contributed by atoms with van der Waals surface area (Å²) in [5.74, 6) is 5.36. The second-order valence-corrected chi connectivity index (χ2v) is 1.34. The molecule has 0 atom stereocenters. The average molecular weight is 143 g/mol. The van der Waals surface area contributed by atoms with Gasteiger partial charge in [0.2, 0.25) is 0 Å². The molecule has 0 radical (unpaired) electrons. The van der Waals surface area contributed by atoms with E-state index in [1.165, 1.54) is 0 Å². The van der Waals surface area contributed by atoms with Crippen LogP contribution in [-0.4, -0.2) is 17.7 Å². The van der Waals surface area contributed by atoms with Crippen LogP contribution in [0.25, 0.3) is 0 Å². The first-order valence-electron chi connectivity index (χ1n) is 2.99. The summed E-state index contributed by atoms with van der Waals surface area (Å²) in [7, 11) is 0. The molecule has 0 heterocycles. The van der Waals surface area contributed by atoms with E-state index in [1.54, 1.807) is 6.92 Å². The van der Waals surface area contributed by atoms with Crippen molar-refractivity contribution >= 4 is 6.09 Å². The number of carboxylic acid groups (broad SMARTS) is 1. The van der Waals surface area contributed by atoms with Crippen LogP contribution in [0.5, 0.6) is 0 Å². The zero-order chi connectivity index (χ0) is 8.41. The van der Waals surface area contributed by atoms with Crippen molar-refractivity contribution in [2.24, 2.45) is 0 Å². The fourth-order valence-electron chi connectivity index (χ4n) is 0.151. The Labute approximate surface area is 61.4 Å². The van der Waals surface area contributed by atoms with Crippen LogP contribution in [-0.2, 0) is 0 Å². The first-order chi connectivity index (χ1) is 4.68. The maximum atomic E-state index is 9.49. The molecule has 0 spiro atoms. The molecule has 0 aliphatic heterocycles. The van der Waals surface area contributed by atoms with Crippen molar-refractivity contribution in [3.63, 3.8) is 0 Å². The molecule has 0 aromatic carbocycles. The lowest BCUT2D eigenvalue weighted by Gasteiger charge is -1.87. The Morgan fingerprint density at radius 2 is 1.90 bits per heavy atom. The average Bonchev–Trinajstić information content (AvgIpc) is 1.89. The number of amides is 1. The third-order valence-corrected chi connectivity index (χ3v) is 0.578. The summed E-state index contributed by atoms with van der Waals surface area (Å²) in [6, 6.07) is 0. The van der Waals surface area contributed by atoms with Gasteiger partial charge in [0.05, 0.1) is 0 Å². The van der Waals surface area contributed by atoms with Gasteiger partial charge in [0, 0.05) is 6.54 Å². The fourth-order valence-corrected chi connectivity index (χ4v) is 0.151. The highest BCUT2D eigenvalue weighted by molar-refractivity contribution is 5.64. The number of nitrogens with one attached hydrogen (secondary N) is 1. The van der Waals surface area contributed by atoms with E-state index in [9.17, 15) is 4.79 Å². The van der Waals surface area contributed by atoms with Gasteiger partial charge in [-0.1, -0.05) is 0 Å². The summed E-state index contributed by atoms with van der Waals surface area (Å²) < 4.78 is 0. The maximum Gasteiger partial charge on any atom is 0.404 e. The Hall–Kier alpha value is -1.17. The first kappa shape index (κ1) is 11.6. The topological polar surface area (TPSA) is 49.3 Å². The molecule has 0 bridgehead atoms. The highest BCUT2D eigenvalue weighted by Gasteiger charge is 1.82. The third kappa shape index (κ3) is 29.0. The largest absolute Gasteiger partial charge is 0.465 e. The predicted octanol–water partition coefficient (Wildman–Crippen LogP) is 1.30. The molecule has 0 saturated carbocycles. The zero-order valence-electron chi connectivity index (χ0n) is 6.56. The molecule has 0 saturated heterocycles. The maximum absolute atomic E-state index is 9.49. The molecular formula is C7H13NO2. The van der Waals surface area contributed by atoms with E-state index in [0.29, 0.717) is 6.54 Å². The molecule has 0 aliphatic rings. The Morgan fingerprint density at radius 3 is 1.90 bits per heavy atom. The van der Waals surface area contributed by atoms with Crippen LogP contribution in [0.2, 0.25) is 0 Å². The predicted molar refractivity (Wildman–Crippen MR) is 40.8 cm³/mol. The van der Waals surface area contributed by atoms with E-state index in [1.807, 2.05) is 13.8 Å². The van der Waals surface area contributed by atoms with E-state index in [-0.39, 0.29) is 0 Å². The van der Waals surface area contributed by atoms with Crippen LogP contribution in [0, 0.1) is 11.8 Å². The standard InChI is InChI=1S/C4H6.C3H7NO2/c1-3-4-2;1-2-4-3(5)6/h1-2H3;4H,2H2,1H3,(H,5,6). The van der Waals surface area contributed by atoms with Crippen molar-refractivity contribution in [1.29, 1.82) is 0 Å². The van der Waals surface area contributed by atoms with Crippen molar-refractivity contribution in [1.82, 2.24) is 5.32 Å². The van der Waals surface area contributed by atoms with Crippen LogP contribution < -0.4 is 5.32 Å². The SMILES string of the molecule is CC#CC.CCNC(=O)O. The van der Waals surface area contributed by atoms with Crippen molar-refractivity contribution in [3.05, 3.63) is 0 Å². The van der Waals surface area contributed by atoms with Gasteiger partial charge in [0.15, 0.2) is 0 Å². The monoisotopic (exact) mass is 143 g/mol. The van der Waals surface area contributed by atoms with Gasteiger partial charge in [0.25, 0.3) is 0 Å². The lowest BCUT2D eigenvalue weighted by molar-refractivity contribution is 0.195. The van der Waals surface area contributed by atoms with Gasteiger partial charge in [-0.15, -0.1) is 11.8 Å². The Balaban J connectivity index is 0. The number of carbonyl (C=O) groups is 1. The van der Waals surface area contributed by atoms with Gasteiger partial charge in [0.1, 0.15) is 0 Å². The Bertz CT molecular complexity index is 126. The second kappa shape index (κ2) is 10.7. The highest BCUT2D eigenvalue weighted by atomic mass is 16.4. The highest BCUT2D eigenvalue weighted by Crippen LogP contribution is 1.54. The van der Waals surface area contributed by atoms with E-state index < -0.39 is 6.09 Å². The lowest BCUT2D eigenvalue weighted by Crippen LogP contribution is -2.19. The quantitative estimate of drug-likeness (QED) is 0.543. The second-order valence-electron chi connectivity index (χ2n) is 1.34. The molecule has 0 unspecified atom stereocenters. The molecule has 58 valence electrons.